The fraction of sp³-hybridized carbons (Fsp3) is 0.333. The molecule has 4 rings (SSSR count). The van der Waals surface area contributed by atoms with E-state index in [1.165, 1.54) is 21.5 Å². The first-order chi connectivity index (χ1) is 10.4. The maximum atomic E-state index is 6.66. The molecule has 0 amide bonds. The summed E-state index contributed by atoms with van der Waals surface area (Å²) in [5, 5.41) is 2.78. The molecule has 0 spiro atoms. The lowest BCUT2D eigenvalue weighted by atomic mass is 9.98. The molecule has 2 aromatic carbocycles. The van der Waals surface area contributed by atoms with Gasteiger partial charge in [-0.3, -0.25) is 0 Å². The Morgan fingerprint density at radius 3 is 1.41 bits per heavy atom. The fourth-order valence-corrected chi connectivity index (χ4v) is 8.79. The van der Waals surface area contributed by atoms with E-state index in [0.29, 0.717) is 0 Å². The third kappa shape index (κ3) is 1.98. The number of fused-ring (bicyclic) bond motifs is 5. The molecule has 0 aromatic heterocycles. The Kier molecular flexibility index (Phi) is 3.04. The van der Waals surface area contributed by atoms with Crippen LogP contribution in [0.1, 0.15) is 23.3 Å². The highest BCUT2D eigenvalue weighted by Gasteiger charge is 2.49. The van der Waals surface area contributed by atoms with Crippen LogP contribution in [0.5, 0.6) is 0 Å². The lowest BCUT2D eigenvalue weighted by Gasteiger charge is -2.48. The van der Waals surface area contributed by atoms with Gasteiger partial charge in [0.15, 0.2) is 0 Å². The summed E-state index contributed by atoms with van der Waals surface area (Å²) in [7, 11) is -3.80. The number of rotatable bonds is 0. The molecule has 0 unspecified atom stereocenters. The molecular formula is C18H22O2Si2. The van der Waals surface area contributed by atoms with Crippen LogP contribution in [0.3, 0.4) is 0 Å². The van der Waals surface area contributed by atoms with E-state index in [4.69, 9.17) is 8.85 Å². The summed E-state index contributed by atoms with van der Waals surface area (Å²) in [6.45, 7) is 9.17. The van der Waals surface area contributed by atoms with Gasteiger partial charge in [0.2, 0.25) is 16.6 Å². The molecule has 4 heteroatoms. The van der Waals surface area contributed by atoms with Crippen LogP contribution in [-0.2, 0) is 8.85 Å². The van der Waals surface area contributed by atoms with Crippen LogP contribution in [0, 0.1) is 0 Å². The first-order valence-electron chi connectivity index (χ1n) is 7.95. The van der Waals surface area contributed by atoms with Gasteiger partial charge < -0.3 is 8.85 Å². The quantitative estimate of drug-likeness (QED) is 0.691. The fourth-order valence-electron chi connectivity index (χ4n) is 3.93. The third-order valence-corrected chi connectivity index (χ3v) is 10.1. The van der Waals surface area contributed by atoms with Crippen molar-refractivity contribution in [2.45, 2.75) is 38.4 Å². The van der Waals surface area contributed by atoms with Gasteiger partial charge in [0.25, 0.3) is 0 Å². The van der Waals surface area contributed by atoms with Gasteiger partial charge in [-0.15, -0.1) is 0 Å². The van der Waals surface area contributed by atoms with Crippen LogP contribution >= 0.6 is 0 Å². The van der Waals surface area contributed by atoms with Gasteiger partial charge in [-0.1, -0.05) is 48.5 Å². The highest BCUT2D eigenvalue weighted by molar-refractivity contribution is 6.86. The number of hydrogen-bond acceptors (Lipinski definition) is 2. The second-order valence-corrected chi connectivity index (χ2v) is 14.9. The predicted octanol–water partition coefficient (Wildman–Crippen LogP) is 3.35. The van der Waals surface area contributed by atoms with Gasteiger partial charge in [-0.2, -0.15) is 0 Å². The Hall–Kier alpha value is -1.21. The molecule has 2 nitrogen and oxygen atoms in total. The second kappa shape index (κ2) is 4.65. The summed E-state index contributed by atoms with van der Waals surface area (Å²) in [4.78, 5) is 0. The zero-order valence-corrected chi connectivity index (χ0v) is 15.6. The van der Waals surface area contributed by atoms with E-state index in [1.54, 1.807) is 0 Å². The van der Waals surface area contributed by atoms with Gasteiger partial charge in [0.1, 0.15) is 0 Å². The largest absolute Gasteiger partial charge is 0.403 e. The Morgan fingerprint density at radius 2 is 1.00 bits per heavy atom. The molecule has 2 aliphatic heterocycles. The summed E-state index contributed by atoms with van der Waals surface area (Å²) in [6, 6.07) is 17.4. The maximum Gasteiger partial charge on any atom is 0.219 e. The topological polar surface area (TPSA) is 18.5 Å². The second-order valence-electron chi connectivity index (χ2n) is 7.27. The summed E-state index contributed by atoms with van der Waals surface area (Å²) in [6.07, 6.45) is 0.0987. The molecule has 2 heterocycles. The monoisotopic (exact) mass is 326 g/mol. The molecule has 0 bridgehead atoms. The van der Waals surface area contributed by atoms with Crippen LogP contribution in [0.15, 0.2) is 48.5 Å². The molecule has 0 radical (unpaired) electrons. The zero-order valence-electron chi connectivity index (χ0n) is 13.6. The number of hydrogen-bond donors (Lipinski definition) is 0. The average Bonchev–Trinajstić information content (AvgIpc) is 2.49. The van der Waals surface area contributed by atoms with Crippen LogP contribution < -0.4 is 10.4 Å². The summed E-state index contributed by atoms with van der Waals surface area (Å²) in [5.41, 5.74) is 2.70. The number of benzene rings is 2. The van der Waals surface area contributed by atoms with Crippen molar-refractivity contribution in [1.82, 2.24) is 0 Å². The van der Waals surface area contributed by atoms with Crippen molar-refractivity contribution < 1.29 is 8.85 Å². The molecule has 2 atom stereocenters. The van der Waals surface area contributed by atoms with Crippen LogP contribution in [0.2, 0.25) is 26.2 Å². The van der Waals surface area contributed by atoms with Crippen molar-refractivity contribution in [3.63, 3.8) is 0 Å². The van der Waals surface area contributed by atoms with E-state index >= 15 is 0 Å². The van der Waals surface area contributed by atoms with E-state index in [9.17, 15) is 0 Å². The van der Waals surface area contributed by atoms with Crippen LogP contribution in [-0.4, -0.2) is 16.6 Å². The lowest BCUT2D eigenvalue weighted by Crippen LogP contribution is -2.60. The Bertz CT molecular complexity index is 676. The molecule has 2 aromatic rings. The van der Waals surface area contributed by atoms with Gasteiger partial charge in [-0.25, -0.2) is 0 Å². The van der Waals surface area contributed by atoms with Crippen LogP contribution in [0.25, 0.3) is 0 Å². The SMILES string of the molecule is C[Si]1(C)O[C@@H]2c3ccccc3[Si](C)(C)O[C@@H]2c2ccccc21. The molecule has 0 N–H and O–H groups in total. The minimum atomic E-state index is -1.90. The smallest absolute Gasteiger partial charge is 0.219 e. The first kappa shape index (κ1) is 14.4. The van der Waals surface area contributed by atoms with Gasteiger partial charge in [-0.05, 0) is 47.7 Å². The minimum absolute atomic E-state index is 0.0493. The van der Waals surface area contributed by atoms with Gasteiger partial charge in [0.05, 0.1) is 12.2 Å². The van der Waals surface area contributed by atoms with Crippen LogP contribution in [0.4, 0.5) is 0 Å². The van der Waals surface area contributed by atoms with E-state index in [2.05, 4.69) is 74.7 Å². The average molecular weight is 327 g/mol. The van der Waals surface area contributed by atoms with E-state index in [0.717, 1.165) is 0 Å². The molecule has 114 valence electrons. The Balaban J connectivity index is 1.94. The standard InChI is InChI=1S/C18H22O2Si2/c1-21(2)15-11-7-5-9-13(15)18-17(19-21)14-10-6-8-12-16(14)22(3,4)20-18/h5-12,17-18H,1-4H3/t17-,18-/m1/s1. The van der Waals surface area contributed by atoms with Crippen molar-refractivity contribution in [2.24, 2.45) is 0 Å². The normalized spacial score (nSPS) is 27.5. The summed E-state index contributed by atoms with van der Waals surface area (Å²) in [5.74, 6) is 0. The third-order valence-electron chi connectivity index (χ3n) is 4.95. The van der Waals surface area contributed by atoms with Crippen molar-refractivity contribution in [2.75, 3.05) is 0 Å². The van der Waals surface area contributed by atoms with E-state index in [1.807, 2.05) is 0 Å². The molecule has 0 aliphatic carbocycles. The molecule has 22 heavy (non-hydrogen) atoms. The molecular weight excluding hydrogens is 304 g/mol. The maximum absolute atomic E-state index is 6.66. The Labute approximate surface area is 134 Å². The molecule has 0 saturated carbocycles. The first-order valence-corrected chi connectivity index (χ1v) is 13.8. The van der Waals surface area contributed by atoms with Gasteiger partial charge in [0, 0.05) is 0 Å². The molecule has 0 fully saturated rings. The van der Waals surface area contributed by atoms with Crippen molar-refractivity contribution in [3.8, 4) is 0 Å². The highest BCUT2D eigenvalue weighted by Crippen LogP contribution is 2.45. The Morgan fingerprint density at radius 1 is 0.636 bits per heavy atom. The zero-order chi connectivity index (χ0) is 15.5. The highest BCUT2D eigenvalue weighted by atomic mass is 28.4. The van der Waals surface area contributed by atoms with Crippen molar-refractivity contribution in [1.29, 1.82) is 0 Å². The summed E-state index contributed by atoms with van der Waals surface area (Å²) >= 11 is 0. The molecule has 2 aliphatic rings. The van der Waals surface area contributed by atoms with E-state index < -0.39 is 16.6 Å². The minimum Gasteiger partial charge on any atom is -0.403 e. The van der Waals surface area contributed by atoms with E-state index in [-0.39, 0.29) is 12.2 Å². The summed E-state index contributed by atoms with van der Waals surface area (Å²) < 4.78 is 13.3. The lowest BCUT2D eigenvalue weighted by molar-refractivity contribution is 0.0323. The molecule has 0 saturated heterocycles. The van der Waals surface area contributed by atoms with Crippen molar-refractivity contribution >= 4 is 27.0 Å². The predicted molar refractivity (Wildman–Crippen MR) is 94.8 cm³/mol. The van der Waals surface area contributed by atoms with Crippen molar-refractivity contribution in [3.05, 3.63) is 59.7 Å². The van der Waals surface area contributed by atoms with Gasteiger partial charge >= 0.3 is 0 Å².